The van der Waals surface area contributed by atoms with Gasteiger partial charge >= 0.3 is 0 Å². The number of anilines is 6. The van der Waals surface area contributed by atoms with Crippen LogP contribution in [0, 0.1) is 5.92 Å². The van der Waals surface area contributed by atoms with E-state index < -0.39 is 0 Å². The first-order chi connectivity index (χ1) is 34.9. The van der Waals surface area contributed by atoms with E-state index in [1.807, 2.05) is 33.9 Å². The van der Waals surface area contributed by atoms with Gasteiger partial charge in [-0.3, -0.25) is 14.5 Å². The van der Waals surface area contributed by atoms with Crippen molar-refractivity contribution in [2.24, 2.45) is 5.92 Å². The number of hydrogen-bond acceptors (Lipinski definition) is 7. The summed E-state index contributed by atoms with van der Waals surface area (Å²) in [5, 5.41) is 21.1. The Morgan fingerprint density at radius 3 is 1.31 bits per heavy atom. The zero-order valence-corrected chi connectivity index (χ0v) is 39.8. The summed E-state index contributed by atoms with van der Waals surface area (Å²) in [4.78, 5) is 35.5. The van der Waals surface area contributed by atoms with E-state index in [-0.39, 0.29) is 11.8 Å². The molecule has 2 amide bonds. The van der Waals surface area contributed by atoms with Crippen LogP contribution >= 0.6 is 0 Å². The van der Waals surface area contributed by atoms with Gasteiger partial charge in [-0.2, -0.15) is 30.0 Å². The average molecular weight is 932 g/mol. The lowest BCUT2D eigenvalue weighted by molar-refractivity contribution is -0.808. The van der Waals surface area contributed by atoms with Crippen LogP contribution in [0.3, 0.4) is 0 Å². The molecule has 0 saturated carbocycles. The number of hydrogen-bond donors (Lipinski definition) is 0. The van der Waals surface area contributed by atoms with Crippen LogP contribution in [0.15, 0.2) is 194 Å². The topological polar surface area (TPSA) is 105 Å². The van der Waals surface area contributed by atoms with Crippen LogP contribution in [0.4, 0.5) is 34.1 Å². The molecular formula is C60H53N9O2. The zero-order valence-electron chi connectivity index (χ0n) is 39.8. The van der Waals surface area contributed by atoms with Crippen LogP contribution in [-0.4, -0.2) is 43.4 Å². The fourth-order valence-electron chi connectivity index (χ4n) is 9.72. The molecule has 350 valence electrons. The van der Waals surface area contributed by atoms with E-state index in [1.165, 1.54) is 4.90 Å². The highest BCUT2D eigenvalue weighted by molar-refractivity contribution is 6.21. The lowest BCUT2D eigenvalue weighted by atomic mass is 9.95. The largest absolute Gasteiger partial charge is 0.311 e. The van der Waals surface area contributed by atoms with E-state index in [0.29, 0.717) is 36.7 Å². The Labute approximate surface area is 413 Å². The number of benzene rings is 8. The molecule has 1 aliphatic rings. The Balaban J connectivity index is 0.973. The molecule has 0 N–H and O–H groups in total. The Morgan fingerprint density at radius 2 is 0.859 bits per heavy atom. The summed E-state index contributed by atoms with van der Waals surface area (Å²) in [5.41, 5.74) is 14.0. The molecule has 11 rings (SSSR count). The lowest BCUT2D eigenvalue weighted by Crippen LogP contribution is -2.42. The van der Waals surface area contributed by atoms with Crippen molar-refractivity contribution in [3.05, 3.63) is 205 Å². The number of rotatable bonds is 17. The number of unbranched alkanes of at least 4 members (excludes halogenated alkanes) is 3. The third-order valence-corrected chi connectivity index (χ3v) is 13.0. The first kappa shape index (κ1) is 44.8. The minimum absolute atomic E-state index is 0.207. The molecular weight excluding hydrogens is 879 g/mol. The fraction of sp³-hybridized carbons (Fsp3) is 0.167. The molecule has 0 aliphatic carbocycles. The van der Waals surface area contributed by atoms with Crippen LogP contribution in [0.2, 0.25) is 0 Å². The third-order valence-electron chi connectivity index (χ3n) is 13.0. The number of carbonyl (C=O) groups excluding carboxylic acids is 2. The summed E-state index contributed by atoms with van der Waals surface area (Å²) in [6, 6.07) is 66.0. The number of imide groups is 1. The monoisotopic (exact) mass is 931 g/mol. The third kappa shape index (κ3) is 8.94. The van der Waals surface area contributed by atoms with Gasteiger partial charge < -0.3 is 9.80 Å². The number of aromatic nitrogens is 6. The molecule has 1 aliphatic heterocycles. The van der Waals surface area contributed by atoms with Crippen molar-refractivity contribution < 1.29 is 14.4 Å². The van der Waals surface area contributed by atoms with Crippen molar-refractivity contribution in [2.75, 3.05) is 16.3 Å². The molecule has 0 spiro atoms. The van der Waals surface area contributed by atoms with Gasteiger partial charge in [-0.25, -0.2) is 0 Å². The van der Waals surface area contributed by atoms with Crippen molar-refractivity contribution in [1.82, 2.24) is 30.1 Å². The molecule has 11 heteroatoms. The predicted molar refractivity (Wildman–Crippen MR) is 282 cm³/mol. The van der Waals surface area contributed by atoms with E-state index in [2.05, 4.69) is 169 Å². The number of nitrogens with zero attached hydrogens (tertiary/aromatic N) is 9. The van der Waals surface area contributed by atoms with Crippen molar-refractivity contribution in [1.29, 1.82) is 0 Å². The second-order valence-electron chi connectivity index (χ2n) is 18.4. The van der Waals surface area contributed by atoms with Crippen molar-refractivity contribution >= 4 is 68.0 Å². The van der Waals surface area contributed by atoms with Gasteiger partial charge in [-0.15, -0.1) is 0 Å². The van der Waals surface area contributed by atoms with Gasteiger partial charge in [0, 0.05) is 68.7 Å². The van der Waals surface area contributed by atoms with Crippen LogP contribution in [0.25, 0.3) is 44.3 Å². The highest BCUT2D eigenvalue weighted by Gasteiger charge is 2.34. The maximum atomic E-state index is 13.0. The maximum absolute atomic E-state index is 13.0. The van der Waals surface area contributed by atoms with E-state index >= 15 is 0 Å². The Bertz CT molecular complexity index is 3170. The molecule has 8 aromatic carbocycles. The molecule has 0 bridgehead atoms. The number of aryl methyl sites for hydroxylation is 1. The summed E-state index contributed by atoms with van der Waals surface area (Å²) in [7, 11) is 0. The molecule has 0 fully saturated rings. The molecule has 2 aromatic heterocycles. The molecule has 0 radical (unpaired) electrons. The van der Waals surface area contributed by atoms with Crippen molar-refractivity contribution in [3.8, 4) is 22.3 Å². The minimum Gasteiger partial charge on any atom is -0.311 e. The summed E-state index contributed by atoms with van der Waals surface area (Å²) in [6.07, 6.45) is 3.28. The van der Waals surface area contributed by atoms with Crippen molar-refractivity contribution in [2.45, 2.75) is 52.6 Å². The summed E-state index contributed by atoms with van der Waals surface area (Å²) in [5.74, 6) is -0.0994. The van der Waals surface area contributed by atoms with Crippen molar-refractivity contribution in [3.63, 3.8) is 0 Å². The molecule has 71 heavy (non-hydrogen) atoms. The minimum atomic E-state index is -0.207. The number of carbonyl (C=O) groups is 2. The van der Waals surface area contributed by atoms with E-state index in [9.17, 15) is 9.59 Å². The second kappa shape index (κ2) is 19.7. The highest BCUT2D eigenvalue weighted by Crippen LogP contribution is 2.43. The first-order valence-corrected chi connectivity index (χ1v) is 24.5. The van der Waals surface area contributed by atoms with Crippen LogP contribution in [0.5, 0.6) is 0 Å². The maximum Gasteiger partial charge on any atom is 0.261 e. The Hall–Kier alpha value is -8.70. The van der Waals surface area contributed by atoms with E-state index in [1.54, 1.807) is 24.3 Å². The van der Waals surface area contributed by atoms with Gasteiger partial charge in [0.15, 0.2) is 6.54 Å². The van der Waals surface area contributed by atoms with Crippen LogP contribution in [0.1, 0.15) is 60.2 Å². The number of amides is 2. The predicted octanol–water partition coefficient (Wildman–Crippen LogP) is 13.0. The molecule has 3 heterocycles. The van der Waals surface area contributed by atoms with E-state index in [0.717, 1.165) is 104 Å². The Morgan fingerprint density at radius 1 is 0.465 bits per heavy atom. The number of para-hydroxylation sites is 4. The summed E-state index contributed by atoms with van der Waals surface area (Å²) >= 11 is 0. The van der Waals surface area contributed by atoms with Gasteiger partial charge in [0.1, 0.15) is 11.0 Å². The quantitative estimate of drug-likeness (QED) is 0.0505. The second-order valence-corrected chi connectivity index (χ2v) is 18.4. The first-order valence-electron chi connectivity index (χ1n) is 24.5. The smallest absolute Gasteiger partial charge is 0.261 e. The fourth-order valence-corrected chi connectivity index (χ4v) is 9.72. The molecule has 11 nitrogen and oxygen atoms in total. The molecule has 0 saturated heterocycles. The average Bonchev–Trinajstić information content (AvgIpc) is 4.09. The summed E-state index contributed by atoms with van der Waals surface area (Å²) in [6.45, 7) is 5.99. The normalized spacial score (nSPS) is 12.4. The molecule has 0 unspecified atom stereocenters. The molecule has 10 aromatic rings. The van der Waals surface area contributed by atoms with E-state index in [4.69, 9.17) is 20.4 Å². The standard InChI is InChI=1S/C60H53N9O2/c1-42(2)41-67-63-57-53(43-31-35-49(36-32-43)68(45-21-9-5-10-22-45)46-23-11-6-12-24-46)55-56(62-66(61-55)40-20-4-3-19-39-65-59(70)51-29-17-18-30-52(51)60(65)71)54(58(57)64-67)44-33-37-50(38-34-44)69(47-25-13-7-14-26-47)48-27-15-8-16-28-48/h5-18,21-38,42H,3-4,19-20,39-41H2,1-2H3. The lowest BCUT2D eigenvalue weighted by Gasteiger charge is -2.25. The van der Waals surface area contributed by atoms with Crippen LogP contribution < -0.4 is 19.7 Å². The van der Waals surface area contributed by atoms with Crippen LogP contribution in [-0.2, 0) is 13.1 Å². The van der Waals surface area contributed by atoms with Gasteiger partial charge in [-0.05, 0) is 109 Å². The Kier molecular flexibility index (Phi) is 12.4. The SMILES string of the molecule is CC(C)C[n+]1nc2c(-c3ccc(N(c4ccccc4)c4ccccc4)cc3)c3nn(CCCCCCN4C(=O)c5ccccc5C4=O)nc3c(-c3ccc(N(c4ccccc4)c4ccccc4)cc3)c2[n-]1. The highest BCUT2D eigenvalue weighted by atomic mass is 16.2. The summed E-state index contributed by atoms with van der Waals surface area (Å²) < 4.78 is 0. The van der Waals surface area contributed by atoms with Gasteiger partial charge in [-0.1, -0.05) is 136 Å². The van der Waals surface area contributed by atoms with Gasteiger partial charge in [0.2, 0.25) is 0 Å². The van der Waals surface area contributed by atoms with Gasteiger partial charge in [0.05, 0.1) is 17.7 Å². The van der Waals surface area contributed by atoms with Gasteiger partial charge in [0.25, 0.3) is 11.8 Å². The number of fused-ring (bicyclic) bond motifs is 3. The molecule has 0 atom stereocenters. The zero-order chi connectivity index (χ0) is 48.3.